The van der Waals surface area contributed by atoms with Gasteiger partial charge in [0.2, 0.25) is 0 Å². The van der Waals surface area contributed by atoms with Crippen LogP contribution in [0, 0.1) is 0 Å². The van der Waals surface area contributed by atoms with Crippen LogP contribution in [0.25, 0.3) is 0 Å². The number of carboxylic acids is 1. The van der Waals surface area contributed by atoms with E-state index in [1.165, 1.54) is 0 Å². The number of alkyl halides is 1. The zero-order chi connectivity index (χ0) is 20.8. The Kier molecular flexibility index (Phi) is 8.06. The van der Waals surface area contributed by atoms with E-state index in [1.54, 1.807) is 58.9 Å². The SMILES string of the molecule is CC(C)(C)OC(=O)N[C@@H](Cc1ccc(C(C)(C)C(=O)OCI)cc1)C(=O)O. The van der Waals surface area contributed by atoms with Gasteiger partial charge in [0.1, 0.15) is 16.3 Å². The molecule has 150 valence electrons. The molecule has 0 saturated heterocycles. The zero-order valence-corrected chi connectivity index (χ0v) is 18.3. The Morgan fingerprint density at radius 1 is 1.11 bits per heavy atom. The number of carboxylic acid groups (broad SMARTS) is 1. The number of halogens is 1. The van der Waals surface area contributed by atoms with Crippen molar-refractivity contribution in [1.29, 1.82) is 0 Å². The molecule has 0 bridgehead atoms. The second-order valence-corrected chi connectivity index (χ2v) is 8.23. The smallest absolute Gasteiger partial charge is 0.408 e. The predicted octanol–water partition coefficient (Wildman–Crippen LogP) is 3.42. The normalized spacial score (nSPS) is 12.8. The second-order valence-electron chi connectivity index (χ2n) is 7.60. The number of carbonyl (C=O) groups excluding carboxylic acids is 2. The Morgan fingerprint density at radius 2 is 1.67 bits per heavy atom. The molecule has 0 unspecified atom stereocenters. The Hall–Kier alpha value is -1.84. The van der Waals surface area contributed by atoms with Crippen molar-refractivity contribution >= 4 is 40.6 Å². The third-order valence-electron chi connectivity index (χ3n) is 3.80. The maximum Gasteiger partial charge on any atom is 0.408 e. The van der Waals surface area contributed by atoms with Gasteiger partial charge >= 0.3 is 18.0 Å². The van der Waals surface area contributed by atoms with Gasteiger partial charge in [-0.2, -0.15) is 0 Å². The fraction of sp³-hybridized carbons (Fsp3) is 0.526. The zero-order valence-electron chi connectivity index (χ0n) is 16.2. The quantitative estimate of drug-likeness (QED) is 0.345. The summed E-state index contributed by atoms with van der Waals surface area (Å²) in [5.41, 5.74) is -0.0641. The van der Waals surface area contributed by atoms with Gasteiger partial charge < -0.3 is 19.9 Å². The molecular formula is C19H26INO6. The summed E-state index contributed by atoms with van der Waals surface area (Å²) >= 11 is 1.96. The molecule has 1 aromatic rings. The predicted molar refractivity (Wildman–Crippen MR) is 109 cm³/mol. The molecule has 0 heterocycles. The van der Waals surface area contributed by atoms with E-state index in [2.05, 4.69) is 5.32 Å². The summed E-state index contributed by atoms with van der Waals surface area (Å²) in [5.74, 6) is -1.49. The maximum atomic E-state index is 12.1. The van der Waals surface area contributed by atoms with Crippen molar-refractivity contribution in [2.45, 2.75) is 58.1 Å². The van der Waals surface area contributed by atoms with Crippen LogP contribution in [-0.2, 0) is 30.9 Å². The minimum atomic E-state index is -1.16. The number of hydrogen-bond donors (Lipinski definition) is 2. The van der Waals surface area contributed by atoms with Gasteiger partial charge in [0.25, 0.3) is 0 Å². The van der Waals surface area contributed by atoms with E-state index in [1.807, 2.05) is 22.6 Å². The van der Waals surface area contributed by atoms with Gasteiger partial charge in [0.05, 0.1) is 5.41 Å². The summed E-state index contributed by atoms with van der Waals surface area (Å²) in [6.07, 6.45) is -0.692. The highest BCUT2D eigenvalue weighted by Crippen LogP contribution is 2.25. The average molecular weight is 491 g/mol. The lowest BCUT2D eigenvalue weighted by atomic mass is 9.84. The Bertz CT molecular complexity index is 678. The lowest BCUT2D eigenvalue weighted by Gasteiger charge is -2.23. The van der Waals surface area contributed by atoms with Gasteiger partial charge in [-0.25, -0.2) is 9.59 Å². The number of esters is 1. The first kappa shape index (κ1) is 23.2. The number of rotatable bonds is 7. The van der Waals surface area contributed by atoms with Crippen LogP contribution in [0.5, 0.6) is 0 Å². The molecule has 0 radical (unpaired) electrons. The average Bonchev–Trinajstić information content (AvgIpc) is 2.53. The van der Waals surface area contributed by atoms with E-state index in [0.717, 1.165) is 5.56 Å². The van der Waals surface area contributed by atoms with Crippen LogP contribution in [0.1, 0.15) is 45.7 Å². The summed E-state index contributed by atoms with van der Waals surface area (Å²) in [5, 5.41) is 11.7. The highest BCUT2D eigenvalue weighted by Gasteiger charge is 2.31. The highest BCUT2D eigenvalue weighted by atomic mass is 127. The van der Waals surface area contributed by atoms with Crippen molar-refractivity contribution < 1.29 is 29.0 Å². The fourth-order valence-electron chi connectivity index (χ4n) is 2.29. The Balaban J connectivity index is 2.86. The first-order chi connectivity index (χ1) is 12.4. The summed E-state index contributed by atoms with van der Waals surface area (Å²) in [6.45, 7) is 8.63. The Morgan fingerprint density at radius 3 is 2.11 bits per heavy atom. The van der Waals surface area contributed by atoms with Gasteiger partial charge in [-0.15, -0.1) is 0 Å². The van der Waals surface area contributed by atoms with E-state index in [9.17, 15) is 19.5 Å². The number of carbonyl (C=O) groups is 3. The molecule has 0 spiro atoms. The van der Waals surface area contributed by atoms with Gasteiger partial charge in [0, 0.05) is 6.42 Å². The highest BCUT2D eigenvalue weighted by molar-refractivity contribution is 14.1. The van der Waals surface area contributed by atoms with E-state index in [4.69, 9.17) is 9.47 Å². The molecule has 1 aromatic carbocycles. The van der Waals surface area contributed by atoms with Gasteiger partial charge in [-0.05, 0) is 68.3 Å². The number of hydrogen-bond acceptors (Lipinski definition) is 5. The van der Waals surface area contributed by atoms with Crippen molar-refractivity contribution in [3.05, 3.63) is 35.4 Å². The molecule has 0 aliphatic carbocycles. The van der Waals surface area contributed by atoms with Crippen LogP contribution in [-0.4, -0.2) is 39.4 Å². The lowest BCUT2D eigenvalue weighted by molar-refractivity contribution is -0.146. The van der Waals surface area contributed by atoms with Crippen molar-refractivity contribution in [2.75, 3.05) is 4.61 Å². The molecular weight excluding hydrogens is 465 g/mol. The maximum absolute atomic E-state index is 12.1. The standard InChI is InChI=1S/C19H26INO6/c1-18(2,3)27-17(25)21-14(15(22)23)10-12-6-8-13(9-7-12)19(4,5)16(24)26-11-20/h6-9,14H,10-11H2,1-5H3,(H,21,25)(H,22,23)/t14-/m0/s1. The van der Waals surface area contributed by atoms with Crippen LogP contribution in [0.2, 0.25) is 0 Å². The number of aliphatic carboxylic acids is 1. The Labute approximate surface area is 172 Å². The van der Waals surface area contributed by atoms with Gasteiger partial charge in [0.15, 0.2) is 0 Å². The molecule has 2 N–H and O–H groups in total. The summed E-state index contributed by atoms with van der Waals surface area (Å²) in [7, 11) is 0. The minimum Gasteiger partial charge on any atom is -0.480 e. The van der Waals surface area contributed by atoms with Gasteiger partial charge in [-0.1, -0.05) is 24.3 Å². The summed E-state index contributed by atoms with van der Waals surface area (Å²) in [6, 6.07) is 5.87. The second kappa shape index (κ2) is 9.38. The van der Waals surface area contributed by atoms with E-state index >= 15 is 0 Å². The number of nitrogens with one attached hydrogen (secondary N) is 1. The monoisotopic (exact) mass is 491 g/mol. The van der Waals surface area contributed by atoms with Crippen molar-refractivity contribution in [3.63, 3.8) is 0 Å². The minimum absolute atomic E-state index is 0.0908. The molecule has 0 aliphatic rings. The number of ether oxygens (including phenoxy) is 2. The largest absolute Gasteiger partial charge is 0.480 e. The molecule has 0 saturated carbocycles. The number of benzene rings is 1. The molecule has 0 aromatic heterocycles. The van der Waals surface area contributed by atoms with Crippen LogP contribution in [0.15, 0.2) is 24.3 Å². The fourth-order valence-corrected chi connectivity index (χ4v) is 2.57. The molecule has 27 heavy (non-hydrogen) atoms. The number of amides is 1. The molecule has 0 aliphatic heterocycles. The first-order valence-electron chi connectivity index (χ1n) is 8.41. The summed E-state index contributed by atoms with van der Waals surface area (Å²) < 4.78 is 10.5. The van der Waals surface area contributed by atoms with Crippen LogP contribution < -0.4 is 5.32 Å². The van der Waals surface area contributed by atoms with E-state index < -0.39 is 29.1 Å². The van der Waals surface area contributed by atoms with Crippen LogP contribution in [0.4, 0.5) is 4.79 Å². The van der Waals surface area contributed by atoms with E-state index in [0.29, 0.717) is 5.56 Å². The summed E-state index contributed by atoms with van der Waals surface area (Å²) in [4.78, 5) is 35.4. The third kappa shape index (κ3) is 7.36. The first-order valence-corrected chi connectivity index (χ1v) is 9.94. The molecule has 1 rings (SSSR count). The van der Waals surface area contributed by atoms with Crippen molar-refractivity contribution in [1.82, 2.24) is 5.32 Å². The number of alkyl carbamates (subject to hydrolysis) is 1. The third-order valence-corrected chi connectivity index (χ3v) is 4.11. The van der Waals surface area contributed by atoms with Crippen molar-refractivity contribution in [2.24, 2.45) is 0 Å². The molecule has 1 atom stereocenters. The topological polar surface area (TPSA) is 102 Å². The van der Waals surface area contributed by atoms with E-state index in [-0.39, 0.29) is 17.0 Å². The van der Waals surface area contributed by atoms with Crippen molar-refractivity contribution in [3.8, 4) is 0 Å². The molecule has 7 nitrogen and oxygen atoms in total. The molecule has 0 fully saturated rings. The van der Waals surface area contributed by atoms with Crippen LogP contribution in [0.3, 0.4) is 0 Å². The van der Waals surface area contributed by atoms with Gasteiger partial charge in [-0.3, -0.25) is 4.79 Å². The molecule has 1 amide bonds. The molecule has 8 heteroatoms. The van der Waals surface area contributed by atoms with Crippen LogP contribution >= 0.6 is 22.6 Å². The lowest BCUT2D eigenvalue weighted by Crippen LogP contribution is -2.44.